The largest absolute Gasteiger partial charge is 0.492 e. The monoisotopic (exact) mass is 315 g/mol. The fraction of sp³-hybridized carbons (Fsp3) is 0.278. The Bertz CT molecular complexity index is 560. The first-order valence-electron chi connectivity index (χ1n) is 7.37. The van der Waals surface area contributed by atoms with E-state index in [2.05, 4.69) is 17.4 Å². The van der Waals surface area contributed by atoms with E-state index in [-0.39, 0.29) is 11.2 Å². The first kappa shape index (κ1) is 16.4. The van der Waals surface area contributed by atoms with E-state index in [1.54, 1.807) is 11.8 Å². The Morgan fingerprint density at radius 3 is 2.41 bits per heavy atom. The summed E-state index contributed by atoms with van der Waals surface area (Å²) in [6.45, 7) is 2.93. The minimum absolute atomic E-state index is 0.0533. The van der Waals surface area contributed by atoms with Crippen LogP contribution in [0.4, 0.5) is 0 Å². The highest BCUT2D eigenvalue weighted by Gasteiger charge is 2.12. The van der Waals surface area contributed by atoms with Crippen LogP contribution in [0.2, 0.25) is 0 Å². The lowest BCUT2D eigenvalue weighted by Crippen LogP contribution is -2.34. The summed E-state index contributed by atoms with van der Waals surface area (Å²) in [4.78, 5) is 12.0. The second-order valence-corrected chi connectivity index (χ2v) is 6.22. The molecule has 116 valence electrons. The maximum Gasteiger partial charge on any atom is 0.232 e. The molecular formula is C18H21NO2S. The molecule has 0 bridgehead atoms. The van der Waals surface area contributed by atoms with Crippen molar-refractivity contribution in [2.75, 3.05) is 13.2 Å². The van der Waals surface area contributed by atoms with E-state index in [1.165, 1.54) is 5.56 Å². The molecule has 0 heterocycles. The predicted molar refractivity (Wildman–Crippen MR) is 92.1 cm³/mol. The van der Waals surface area contributed by atoms with Crippen LogP contribution >= 0.6 is 11.8 Å². The fourth-order valence-electron chi connectivity index (χ4n) is 1.87. The molecule has 3 nitrogen and oxygen atoms in total. The number of ether oxygens (including phenoxy) is 1. The van der Waals surface area contributed by atoms with Gasteiger partial charge in [-0.15, -0.1) is 11.8 Å². The molecule has 0 aliphatic carbocycles. The van der Waals surface area contributed by atoms with Gasteiger partial charge in [0, 0.05) is 5.75 Å². The minimum Gasteiger partial charge on any atom is -0.492 e. The van der Waals surface area contributed by atoms with Crippen molar-refractivity contribution in [3.05, 3.63) is 66.2 Å². The third-order valence-electron chi connectivity index (χ3n) is 3.13. The summed E-state index contributed by atoms with van der Waals surface area (Å²) in [5.74, 6) is 1.72. The van der Waals surface area contributed by atoms with Gasteiger partial charge in [0.25, 0.3) is 0 Å². The third kappa shape index (κ3) is 5.82. The minimum atomic E-state index is -0.0723. The van der Waals surface area contributed by atoms with E-state index >= 15 is 0 Å². The number of rotatable bonds is 8. The molecule has 2 aromatic rings. The van der Waals surface area contributed by atoms with E-state index in [0.717, 1.165) is 11.5 Å². The molecule has 0 unspecified atom stereocenters. The van der Waals surface area contributed by atoms with E-state index in [4.69, 9.17) is 4.74 Å². The van der Waals surface area contributed by atoms with Crippen LogP contribution in [-0.4, -0.2) is 24.3 Å². The van der Waals surface area contributed by atoms with Gasteiger partial charge in [-0.1, -0.05) is 48.5 Å². The summed E-state index contributed by atoms with van der Waals surface area (Å²) in [6, 6.07) is 19.8. The first-order chi connectivity index (χ1) is 10.8. The molecule has 1 N–H and O–H groups in total. The van der Waals surface area contributed by atoms with Crippen LogP contribution in [0, 0.1) is 0 Å². The third-order valence-corrected chi connectivity index (χ3v) is 4.34. The molecule has 0 radical (unpaired) electrons. The highest BCUT2D eigenvalue weighted by atomic mass is 32.2. The summed E-state index contributed by atoms with van der Waals surface area (Å²) in [6.07, 6.45) is 0. The Kier molecular flexibility index (Phi) is 6.84. The Hall–Kier alpha value is -1.94. The van der Waals surface area contributed by atoms with Crippen LogP contribution in [0.5, 0.6) is 5.75 Å². The number of hydrogen-bond donors (Lipinski definition) is 1. The van der Waals surface area contributed by atoms with Crippen LogP contribution in [0.15, 0.2) is 60.7 Å². The van der Waals surface area contributed by atoms with Crippen molar-refractivity contribution in [2.45, 2.75) is 17.9 Å². The van der Waals surface area contributed by atoms with Gasteiger partial charge in [-0.2, -0.15) is 0 Å². The number of para-hydroxylation sites is 1. The molecule has 2 rings (SSSR count). The molecular weight excluding hydrogens is 294 g/mol. The van der Waals surface area contributed by atoms with Crippen molar-refractivity contribution in [1.29, 1.82) is 0 Å². The molecule has 0 fully saturated rings. The van der Waals surface area contributed by atoms with Gasteiger partial charge in [-0.05, 0) is 24.6 Å². The molecule has 1 atom stereocenters. The van der Waals surface area contributed by atoms with Crippen LogP contribution in [-0.2, 0) is 10.5 Å². The summed E-state index contributed by atoms with van der Waals surface area (Å²) >= 11 is 1.64. The Balaban J connectivity index is 1.62. The second-order valence-electron chi connectivity index (χ2n) is 4.89. The van der Waals surface area contributed by atoms with E-state index in [1.807, 2.05) is 55.5 Å². The average molecular weight is 315 g/mol. The summed E-state index contributed by atoms with van der Waals surface area (Å²) in [7, 11) is 0. The predicted octanol–water partition coefficient (Wildman–Crippen LogP) is 3.50. The lowest BCUT2D eigenvalue weighted by molar-refractivity contribution is -0.120. The van der Waals surface area contributed by atoms with Crippen molar-refractivity contribution in [3.8, 4) is 5.75 Å². The lowest BCUT2D eigenvalue weighted by atomic mass is 10.2. The topological polar surface area (TPSA) is 38.3 Å². The van der Waals surface area contributed by atoms with Gasteiger partial charge >= 0.3 is 0 Å². The second kappa shape index (κ2) is 9.15. The molecule has 0 aromatic heterocycles. The maximum atomic E-state index is 12.0. The van der Waals surface area contributed by atoms with Gasteiger partial charge in [-0.25, -0.2) is 0 Å². The van der Waals surface area contributed by atoms with Crippen molar-refractivity contribution in [1.82, 2.24) is 5.32 Å². The molecule has 22 heavy (non-hydrogen) atoms. The molecule has 0 aliphatic heterocycles. The Morgan fingerprint density at radius 2 is 1.73 bits per heavy atom. The van der Waals surface area contributed by atoms with Crippen molar-refractivity contribution < 1.29 is 9.53 Å². The Labute approximate surface area is 136 Å². The van der Waals surface area contributed by atoms with Crippen LogP contribution in [0.3, 0.4) is 0 Å². The molecule has 0 saturated heterocycles. The zero-order valence-electron chi connectivity index (χ0n) is 12.7. The zero-order valence-corrected chi connectivity index (χ0v) is 13.5. The molecule has 2 aromatic carbocycles. The van der Waals surface area contributed by atoms with Crippen LogP contribution in [0.25, 0.3) is 0 Å². The fourth-order valence-corrected chi connectivity index (χ4v) is 2.74. The van der Waals surface area contributed by atoms with Gasteiger partial charge in [0.1, 0.15) is 12.4 Å². The van der Waals surface area contributed by atoms with Crippen molar-refractivity contribution in [2.24, 2.45) is 0 Å². The molecule has 4 heteroatoms. The SMILES string of the molecule is C[C@H](SCc1ccccc1)C(=O)NCCOc1ccccc1. The van der Waals surface area contributed by atoms with Gasteiger partial charge in [0.2, 0.25) is 5.91 Å². The molecule has 1 amide bonds. The van der Waals surface area contributed by atoms with Gasteiger partial charge in [0.05, 0.1) is 11.8 Å². The van der Waals surface area contributed by atoms with E-state index < -0.39 is 0 Å². The zero-order chi connectivity index (χ0) is 15.6. The van der Waals surface area contributed by atoms with E-state index in [9.17, 15) is 4.79 Å². The summed E-state index contributed by atoms with van der Waals surface area (Å²) in [5.41, 5.74) is 1.24. The highest BCUT2D eigenvalue weighted by molar-refractivity contribution is 7.99. The van der Waals surface area contributed by atoms with Gasteiger partial charge in [-0.3, -0.25) is 4.79 Å². The summed E-state index contributed by atoms with van der Waals surface area (Å²) < 4.78 is 5.54. The first-order valence-corrected chi connectivity index (χ1v) is 8.41. The van der Waals surface area contributed by atoms with Gasteiger partial charge in [0.15, 0.2) is 0 Å². The molecule has 0 aliphatic rings. The highest BCUT2D eigenvalue weighted by Crippen LogP contribution is 2.17. The van der Waals surface area contributed by atoms with Crippen LogP contribution < -0.4 is 10.1 Å². The standard InChI is InChI=1S/C18H21NO2S/c1-15(22-14-16-8-4-2-5-9-16)18(20)19-12-13-21-17-10-6-3-7-11-17/h2-11,15H,12-14H2,1H3,(H,19,20)/t15-/m0/s1. The normalized spacial score (nSPS) is 11.7. The molecule has 0 spiro atoms. The lowest BCUT2D eigenvalue weighted by Gasteiger charge is -2.12. The molecule has 0 saturated carbocycles. The maximum absolute atomic E-state index is 12.0. The van der Waals surface area contributed by atoms with Crippen molar-refractivity contribution >= 4 is 17.7 Å². The number of carbonyl (C=O) groups is 1. The number of nitrogens with one attached hydrogen (secondary N) is 1. The number of thioether (sulfide) groups is 1. The van der Waals surface area contributed by atoms with Crippen molar-refractivity contribution in [3.63, 3.8) is 0 Å². The number of amides is 1. The van der Waals surface area contributed by atoms with E-state index in [0.29, 0.717) is 13.2 Å². The number of hydrogen-bond acceptors (Lipinski definition) is 3. The Morgan fingerprint density at radius 1 is 1.09 bits per heavy atom. The number of benzene rings is 2. The van der Waals surface area contributed by atoms with Gasteiger partial charge < -0.3 is 10.1 Å². The number of carbonyl (C=O) groups excluding carboxylic acids is 1. The smallest absolute Gasteiger partial charge is 0.232 e. The quantitative estimate of drug-likeness (QED) is 0.758. The summed E-state index contributed by atoms with van der Waals surface area (Å²) in [5, 5.41) is 2.83. The van der Waals surface area contributed by atoms with Crippen LogP contribution in [0.1, 0.15) is 12.5 Å². The average Bonchev–Trinajstić information content (AvgIpc) is 2.58.